The number of aliphatic hydroxyl groups excluding tert-OH is 1. The van der Waals surface area contributed by atoms with E-state index in [4.69, 9.17) is 11.6 Å². The van der Waals surface area contributed by atoms with Crippen LogP contribution >= 0.6 is 11.6 Å². The fourth-order valence-corrected chi connectivity index (χ4v) is 2.97. The molecular formula is C16H17ClFN3O2. The van der Waals surface area contributed by atoms with E-state index >= 15 is 0 Å². The van der Waals surface area contributed by atoms with Crippen molar-refractivity contribution >= 4 is 17.5 Å². The summed E-state index contributed by atoms with van der Waals surface area (Å²) in [5.41, 5.74) is 0.410. The molecule has 3 rings (SSSR count). The molecule has 1 aromatic carbocycles. The summed E-state index contributed by atoms with van der Waals surface area (Å²) in [6, 6.07) is 5.78. The quantitative estimate of drug-likeness (QED) is 0.933. The van der Waals surface area contributed by atoms with E-state index in [2.05, 4.69) is 5.10 Å². The van der Waals surface area contributed by atoms with Crippen molar-refractivity contribution in [3.63, 3.8) is 0 Å². The minimum absolute atomic E-state index is 0.0595. The average molecular weight is 338 g/mol. The van der Waals surface area contributed by atoms with Gasteiger partial charge in [-0.15, -0.1) is 0 Å². The molecule has 23 heavy (non-hydrogen) atoms. The number of carbonyl (C=O) groups excluding carboxylic acids is 1. The Morgan fingerprint density at radius 3 is 3.04 bits per heavy atom. The van der Waals surface area contributed by atoms with Crippen LogP contribution in [-0.4, -0.2) is 38.8 Å². The summed E-state index contributed by atoms with van der Waals surface area (Å²) < 4.78 is 14.9. The maximum atomic E-state index is 13.2. The second-order valence-electron chi connectivity index (χ2n) is 5.70. The molecule has 1 aromatic heterocycles. The Kier molecular flexibility index (Phi) is 4.63. The van der Waals surface area contributed by atoms with Crippen molar-refractivity contribution in [3.8, 4) is 0 Å². The van der Waals surface area contributed by atoms with Crippen LogP contribution < -0.4 is 0 Å². The maximum Gasteiger partial charge on any atom is 0.225 e. The first kappa shape index (κ1) is 16.0. The van der Waals surface area contributed by atoms with Crippen LogP contribution in [0.25, 0.3) is 0 Å². The largest absolute Gasteiger partial charge is 0.388 e. The molecule has 5 nitrogen and oxygen atoms in total. The fraction of sp³-hybridized carbons (Fsp3) is 0.375. The number of rotatable bonds is 4. The van der Waals surface area contributed by atoms with Crippen molar-refractivity contribution in [1.29, 1.82) is 0 Å². The first-order chi connectivity index (χ1) is 11.0. The van der Waals surface area contributed by atoms with Crippen molar-refractivity contribution < 1.29 is 14.3 Å². The zero-order chi connectivity index (χ0) is 16.4. The van der Waals surface area contributed by atoms with Gasteiger partial charge in [0.15, 0.2) is 0 Å². The summed E-state index contributed by atoms with van der Waals surface area (Å²) in [5.74, 6) is -0.576. The van der Waals surface area contributed by atoms with Crippen LogP contribution in [0.5, 0.6) is 0 Å². The van der Waals surface area contributed by atoms with Crippen LogP contribution in [0.4, 0.5) is 4.39 Å². The predicted molar refractivity (Wildman–Crippen MR) is 83.4 cm³/mol. The van der Waals surface area contributed by atoms with E-state index in [0.29, 0.717) is 23.7 Å². The molecule has 2 atom stereocenters. The number of aromatic nitrogens is 2. The van der Waals surface area contributed by atoms with Gasteiger partial charge in [0.05, 0.1) is 29.8 Å². The summed E-state index contributed by atoms with van der Waals surface area (Å²) >= 11 is 5.86. The summed E-state index contributed by atoms with van der Waals surface area (Å²) in [5, 5.41) is 14.8. The lowest BCUT2D eigenvalue weighted by atomic mass is 10.1. The zero-order valence-electron chi connectivity index (χ0n) is 12.4. The number of carbonyl (C=O) groups is 1. The second-order valence-corrected chi connectivity index (χ2v) is 6.13. The van der Waals surface area contributed by atoms with Gasteiger partial charge in [-0.25, -0.2) is 4.39 Å². The van der Waals surface area contributed by atoms with Crippen molar-refractivity contribution in [2.24, 2.45) is 0 Å². The lowest BCUT2D eigenvalue weighted by Crippen LogP contribution is -2.30. The Labute approximate surface area is 138 Å². The number of amides is 1. The van der Waals surface area contributed by atoms with Gasteiger partial charge in [0, 0.05) is 19.3 Å². The number of nitrogens with zero attached hydrogens (tertiary/aromatic N) is 3. The molecule has 1 aliphatic heterocycles. The highest BCUT2D eigenvalue weighted by atomic mass is 35.5. The molecule has 1 fully saturated rings. The molecule has 122 valence electrons. The zero-order valence-corrected chi connectivity index (χ0v) is 13.2. The first-order valence-corrected chi connectivity index (χ1v) is 7.81. The van der Waals surface area contributed by atoms with Crippen molar-refractivity contribution in [1.82, 2.24) is 14.7 Å². The molecule has 2 heterocycles. The molecule has 0 radical (unpaired) electrons. The van der Waals surface area contributed by atoms with Gasteiger partial charge in [0.1, 0.15) is 5.82 Å². The molecular weight excluding hydrogens is 321 g/mol. The number of aliphatic hydroxyl groups is 1. The van der Waals surface area contributed by atoms with E-state index < -0.39 is 11.9 Å². The number of halogens is 2. The van der Waals surface area contributed by atoms with Crippen LogP contribution in [0.1, 0.15) is 30.6 Å². The maximum absolute atomic E-state index is 13.2. The third-order valence-corrected chi connectivity index (χ3v) is 4.26. The Morgan fingerprint density at radius 1 is 1.52 bits per heavy atom. The monoisotopic (exact) mass is 337 g/mol. The van der Waals surface area contributed by atoms with Crippen LogP contribution in [0.3, 0.4) is 0 Å². The Hall–Kier alpha value is -1.92. The summed E-state index contributed by atoms with van der Waals surface area (Å²) in [6.45, 7) is 1.14. The van der Waals surface area contributed by atoms with Gasteiger partial charge in [-0.2, -0.15) is 5.10 Å². The van der Waals surface area contributed by atoms with Crippen LogP contribution in [0, 0.1) is 5.82 Å². The van der Waals surface area contributed by atoms with Crippen molar-refractivity contribution in [3.05, 3.63) is 53.1 Å². The molecule has 0 saturated carbocycles. The van der Waals surface area contributed by atoms with E-state index in [9.17, 15) is 14.3 Å². The van der Waals surface area contributed by atoms with Crippen LogP contribution in [0.2, 0.25) is 5.02 Å². The standard InChI is InChI=1S/C16H17ClFN3O2/c17-12-8-19-21(9-12)14-4-5-20(10-14)16(23)7-15(22)11-2-1-3-13(18)6-11/h1-3,6,8-9,14-15,22H,4-5,7,10H2. The molecule has 0 bridgehead atoms. The number of hydrogen-bond acceptors (Lipinski definition) is 3. The van der Waals surface area contributed by atoms with Crippen LogP contribution in [-0.2, 0) is 4.79 Å². The van der Waals surface area contributed by atoms with E-state index in [1.807, 2.05) is 0 Å². The van der Waals surface area contributed by atoms with Gasteiger partial charge < -0.3 is 10.0 Å². The third kappa shape index (κ3) is 3.71. The minimum atomic E-state index is -1.00. The van der Waals surface area contributed by atoms with E-state index in [1.54, 1.807) is 28.0 Å². The molecule has 0 spiro atoms. The van der Waals surface area contributed by atoms with Gasteiger partial charge >= 0.3 is 0 Å². The Bertz CT molecular complexity index is 706. The minimum Gasteiger partial charge on any atom is -0.388 e. The van der Waals surface area contributed by atoms with Crippen LogP contribution in [0.15, 0.2) is 36.7 Å². The molecule has 1 aliphatic rings. The molecule has 0 aliphatic carbocycles. The first-order valence-electron chi connectivity index (χ1n) is 7.44. The fourth-order valence-electron chi connectivity index (χ4n) is 2.83. The van der Waals surface area contributed by atoms with E-state index in [0.717, 1.165) is 6.42 Å². The summed E-state index contributed by atoms with van der Waals surface area (Å²) in [6.07, 6.45) is 3.04. The topological polar surface area (TPSA) is 58.4 Å². The molecule has 1 N–H and O–H groups in total. The Balaban J connectivity index is 1.59. The van der Waals surface area contributed by atoms with E-state index in [-0.39, 0.29) is 18.4 Å². The predicted octanol–water partition coefficient (Wildman–Crippen LogP) is 2.57. The van der Waals surface area contributed by atoms with Gasteiger partial charge in [0.2, 0.25) is 5.91 Å². The molecule has 1 amide bonds. The van der Waals surface area contributed by atoms with Gasteiger partial charge in [0.25, 0.3) is 0 Å². The SMILES string of the molecule is O=C(CC(O)c1cccc(F)c1)N1CCC(n2cc(Cl)cn2)C1. The Morgan fingerprint density at radius 2 is 2.35 bits per heavy atom. The highest BCUT2D eigenvalue weighted by Crippen LogP contribution is 2.25. The highest BCUT2D eigenvalue weighted by molar-refractivity contribution is 6.30. The smallest absolute Gasteiger partial charge is 0.225 e. The normalized spacial score (nSPS) is 19.1. The molecule has 1 saturated heterocycles. The van der Waals surface area contributed by atoms with Gasteiger partial charge in [-0.3, -0.25) is 9.48 Å². The number of likely N-dealkylation sites (tertiary alicyclic amines) is 1. The highest BCUT2D eigenvalue weighted by Gasteiger charge is 2.29. The molecule has 2 aromatic rings. The van der Waals surface area contributed by atoms with Crippen molar-refractivity contribution in [2.45, 2.75) is 25.0 Å². The lowest BCUT2D eigenvalue weighted by Gasteiger charge is -2.19. The van der Waals surface area contributed by atoms with Gasteiger partial charge in [-0.1, -0.05) is 23.7 Å². The molecule has 2 unspecified atom stereocenters. The van der Waals surface area contributed by atoms with E-state index in [1.165, 1.54) is 18.2 Å². The number of hydrogen-bond donors (Lipinski definition) is 1. The summed E-state index contributed by atoms with van der Waals surface area (Å²) in [4.78, 5) is 14.0. The molecule has 7 heteroatoms. The summed E-state index contributed by atoms with van der Waals surface area (Å²) in [7, 11) is 0. The third-order valence-electron chi connectivity index (χ3n) is 4.06. The number of benzene rings is 1. The van der Waals surface area contributed by atoms with Crippen molar-refractivity contribution in [2.75, 3.05) is 13.1 Å². The second kappa shape index (κ2) is 6.68. The lowest BCUT2D eigenvalue weighted by molar-refractivity contribution is -0.132. The van der Waals surface area contributed by atoms with Gasteiger partial charge in [-0.05, 0) is 24.1 Å². The average Bonchev–Trinajstić information content (AvgIpc) is 3.15.